The minimum atomic E-state index is -0.0578. The van der Waals surface area contributed by atoms with E-state index >= 15 is 0 Å². The van der Waals surface area contributed by atoms with Gasteiger partial charge < -0.3 is 10.1 Å². The van der Waals surface area contributed by atoms with Gasteiger partial charge in [-0.2, -0.15) is 5.10 Å². The van der Waals surface area contributed by atoms with Crippen LogP contribution in [0.15, 0.2) is 36.7 Å². The topological polar surface area (TPSA) is 56.1 Å². The van der Waals surface area contributed by atoms with E-state index in [1.165, 1.54) is 0 Å². The molecule has 0 spiro atoms. The Bertz CT molecular complexity index is 622. The van der Waals surface area contributed by atoms with Crippen LogP contribution < -0.4 is 5.32 Å². The van der Waals surface area contributed by atoms with E-state index in [1.807, 2.05) is 6.07 Å². The van der Waals surface area contributed by atoms with Crippen LogP contribution in [0.5, 0.6) is 0 Å². The van der Waals surface area contributed by atoms with E-state index < -0.39 is 0 Å². The fraction of sp³-hybridized carbons (Fsp3) is 0.333. The number of rotatable bonds is 4. The lowest BCUT2D eigenvalue weighted by Crippen LogP contribution is -2.20. The van der Waals surface area contributed by atoms with Gasteiger partial charge in [0.15, 0.2) is 0 Å². The first kappa shape index (κ1) is 14.1. The van der Waals surface area contributed by atoms with E-state index in [0.29, 0.717) is 17.1 Å². The van der Waals surface area contributed by atoms with Crippen LogP contribution in [-0.4, -0.2) is 28.4 Å². The third-order valence-electron chi connectivity index (χ3n) is 3.42. The monoisotopic (exact) mass is 305 g/mol. The maximum Gasteiger partial charge on any atom is 0.227 e. The Labute approximate surface area is 127 Å². The number of carbonyl (C=O) groups is 1. The van der Waals surface area contributed by atoms with Crippen LogP contribution in [-0.2, 0) is 9.53 Å². The van der Waals surface area contributed by atoms with Crippen molar-refractivity contribution in [3.8, 4) is 5.69 Å². The number of nitrogens with zero attached hydrogens (tertiary/aromatic N) is 2. The lowest BCUT2D eigenvalue weighted by molar-refractivity contribution is -0.118. The summed E-state index contributed by atoms with van der Waals surface area (Å²) in [6, 6.07) is 7.12. The third-order valence-corrected chi connectivity index (χ3v) is 3.66. The number of benzene rings is 1. The SMILES string of the molecule is O=C(CC1CCCO1)Nc1ccc(Cl)cc1-n1cccn1. The van der Waals surface area contributed by atoms with Gasteiger partial charge in [-0.3, -0.25) is 4.79 Å². The molecule has 1 fully saturated rings. The normalized spacial score (nSPS) is 17.9. The minimum absolute atomic E-state index is 0.0328. The van der Waals surface area contributed by atoms with E-state index in [-0.39, 0.29) is 12.0 Å². The standard InChI is InChI=1S/C15H16ClN3O2/c16-11-4-5-13(14(9-11)19-7-2-6-17-19)18-15(20)10-12-3-1-8-21-12/h2,4-7,9,12H,1,3,8,10H2,(H,18,20). The average Bonchev–Trinajstić information content (AvgIpc) is 3.13. The van der Waals surface area contributed by atoms with Crippen molar-refractivity contribution in [2.24, 2.45) is 0 Å². The second kappa shape index (κ2) is 6.28. The molecule has 1 aliphatic heterocycles. The van der Waals surface area contributed by atoms with Crippen LogP contribution in [0.2, 0.25) is 5.02 Å². The van der Waals surface area contributed by atoms with E-state index in [9.17, 15) is 4.79 Å². The van der Waals surface area contributed by atoms with Crippen molar-refractivity contribution in [3.63, 3.8) is 0 Å². The minimum Gasteiger partial charge on any atom is -0.378 e. The quantitative estimate of drug-likeness (QED) is 0.944. The molecule has 2 heterocycles. The predicted molar refractivity (Wildman–Crippen MR) is 80.8 cm³/mol. The first-order valence-electron chi connectivity index (χ1n) is 6.93. The highest BCUT2D eigenvalue weighted by molar-refractivity contribution is 6.30. The molecule has 6 heteroatoms. The number of carbonyl (C=O) groups excluding carboxylic acids is 1. The van der Waals surface area contributed by atoms with Gasteiger partial charge in [0, 0.05) is 24.0 Å². The van der Waals surface area contributed by atoms with Crippen LogP contribution in [0.4, 0.5) is 5.69 Å². The molecule has 110 valence electrons. The van der Waals surface area contributed by atoms with Gasteiger partial charge in [-0.25, -0.2) is 4.68 Å². The molecule has 1 unspecified atom stereocenters. The van der Waals surface area contributed by atoms with Gasteiger partial charge in [-0.15, -0.1) is 0 Å². The molecule has 0 saturated carbocycles. The molecule has 1 amide bonds. The zero-order valence-electron chi connectivity index (χ0n) is 11.5. The summed E-state index contributed by atoms with van der Waals surface area (Å²) >= 11 is 6.03. The van der Waals surface area contributed by atoms with E-state index in [2.05, 4.69) is 10.4 Å². The van der Waals surface area contributed by atoms with Gasteiger partial charge >= 0.3 is 0 Å². The number of halogens is 1. The van der Waals surface area contributed by atoms with Gasteiger partial charge in [0.05, 0.1) is 23.9 Å². The molecule has 1 saturated heterocycles. The Morgan fingerprint density at radius 1 is 1.52 bits per heavy atom. The molecular weight excluding hydrogens is 290 g/mol. The molecule has 2 aromatic rings. The summed E-state index contributed by atoms with van der Waals surface area (Å²) in [6.45, 7) is 0.747. The van der Waals surface area contributed by atoms with Crippen LogP contribution in [0.25, 0.3) is 5.69 Å². The lowest BCUT2D eigenvalue weighted by atomic mass is 10.1. The molecule has 1 aliphatic rings. The summed E-state index contributed by atoms with van der Waals surface area (Å²) in [6.07, 6.45) is 5.87. The number of aromatic nitrogens is 2. The zero-order chi connectivity index (χ0) is 14.7. The number of hydrogen-bond acceptors (Lipinski definition) is 3. The largest absolute Gasteiger partial charge is 0.378 e. The van der Waals surface area contributed by atoms with Gasteiger partial charge in [0.25, 0.3) is 0 Å². The second-order valence-corrected chi connectivity index (χ2v) is 5.44. The van der Waals surface area contributed by atoms with Crippen molar-refractivity contribution in [1.82, 2.24) is 9.78 Å². The van der Waals surface area contributed by atoms with Gasteiger partial charge in [0.2, 0.25) is 5.91 Å². The van der Waals surface area contributed by atoms with Gasteiger partial charge in [0.1, 0.15) is 0 Å². The zero-order valence-corrected chi connectivity index (χ0v) is 12.2. The Hall–Kier alpha value is -1.85. The Kier molecular flexibility index (Phi) is 4.22. The fourth-order valence-electron chi connectivity index (χ4n) is 2.42. The van der Waals surface area contributed by atoms with E-state index in [4.69, 9.17) is 16.3 Å². The van der Waals surface area contributed by atoms with Crippen LogP contribution >= 0.6 is 11.6 Å². The fourth-order valence-corrected chi connectivity index (χ4v) is 2.59. The van der Waals surface area contributed by atoms with Crippen molar-refractivity contribution >= 4 is 23.2 Å². The van der Waals surface area contributed by atoms with Gasteiger partial charge in [-0.05, 0) is 37.1 Å². The lowest BCUT2D eigenvalue weighted by Gasteiger charge is -2.13. The van der Waals surface area contributed by atoms with Crippen LogP contribution in [0.1, 0.15) is 19.3 Å². The highest BCUT2D eigenvalue weighted by Gasteiger charge is 2.19. The summed E-state index contributed by atoms with van der Waals surface area (Å²) in [7, 11) is 0. The van der Waals surface area contributed by atoms with Crippen molar-refractivity contribution in [2.45, 2.75) is 25.4 Å². The molecule has 3 rings (SSSR count). The molecule has 1 atom stereocenters. The Morgan fingerprint density at radius 2 is 2.43 bits per heavy atom. The summed E-state index contributed by atoms with van der Waals surface area (Å²) in [5.74, 6) is -0.0578. The molecule has 1 N–H and O–H groups in total. The second-order valence-electron chi connectivity index (χ2n) is 5.00. The van der Waals surface area contributed by atoms with Crippen molar-refractivity contribution in [2.75, 3.05) is 11.9 Å². The van der Waals surface area contributed by atoms with E-state index in [0.717, 1.165) is 25.1 Å². The summed E-state index contributed by atoms with van der Waals surface area (Å²) in [5, 5.41) is 7.69. The molecule has 0 bridgehead atoms. The number of hydrogen-bond donors (Lipinski definition) is 1. The maximum atomic E-state index is 12.1. The first-order valence-corrected chi connectivity index (χ1v) is 7.31. The van der Waals surface area contributed by atoms with Crippen LogP contribution in [0.3, 0.4) is 0 Å². The van der Waals surface area contributed by atoms with Crippen molar-refractivity contribution < 1.29 is 9.53 Å². The summed E-state index contributed by atoms with van der Waals surface area (Å²) in [5.41, 5.74) is 1.43. The van der Waals surface area contributed by atoms with Crippen molar-refractivity contribution in [1.29, 1.82) is 0 Å². The number of amides is 1. The summed E-state index contributed by atoms with van der Waals surface area (Å²) in [4.78, 5) is 12.1. The van der Waals surface area contributed by atoms with Crippen molar-refractivity contribution in [3.05, 3.63) is 41.7 Å². The summed E-state index contributed by atoms with van der Waals surface area (Å²) < 4.78 is 7.16. The highest BCUT2D eigenvalue weighted by Crippen LogP contribution is 2.25. The molecule has 1 aromatic carbocycles. The molecular formula is C15H16ClN3O2. The molecule has 1 aromatic heterocycles. The smallest absolute Gasteiger partial charge is 0.227 e. The predicted octanol–water partition coefficient (Wildman–Crippen LogP) is 3.03. The Balaban J connectivity index is 1.77. The van der Waals surface area contributed by atoms with Gasteiger partial charge in [-0.1, -0.05) is 11.6 Å². The number of anilines is 1. The number of ether oxygens (including phenoxy) is 1. The molecule has 0 radical (unpaired) electrons. The third kappa shape index (κ3) is 3.43. The number of nitrogens with one attached hydrogen (secondary N) is 1. The molecule has 0 aliphatic carbocycles. The molecule has 21 heavy (non-hydrogen) atoms. The van der Waals surface area contributed by atoms with E-state index in [1.54, 1.807) is 35.3 Å². The maximum absolute atomic E-state index is 12.1. The van der Waals surface area contributed by atoms with Crippen LogP contribution in [0, 0.1) is 0 Å². The highest BCUT2D eigenvalue weighted by atomic mass is 35.5. The first-order chi connectivity index (χ1) is 10.2. The Morgan fingerprint density at radius 3 is 3.14 bits per heavy atom. The molecule has 5 nitrogen and oxygen atoms in total. The average molecular weight is 306 g/mol.